The Morgan fingerprint density at radius 3 is 2.54 bits per heavy atom. The molecule has 0 aromatic heterocycles. The fraction of sp³-hybridized carbons (Fsp3) is 0.562. The lowest BCUT2D eigenvalue weighted by Gasteiger charge is -2.11. The van der Waals surface area contributed by atoms with Gasteiger partial charge in [0, 0.05) is 30.8 Å². The SMILES string of the molecule is CCNC(=NCCCSc1ccc(F)cc1)NCCCS(C)(=O)=O. The number of hydrogen-bond donors (Lipinski definition) is 2. The van der Waals surface area contributed by atoms with Crippen LogP contribution in [0.3, 0.4) is 0 Å². The number of rotatable bonds is 10. The standard InChI is InChI=1S/C16H26FN3O2S2/c1-3-18-16(20-11-5-13-24(2,21)22)19-10-4-12-23-15-8-6-14(17)7-9-15/h6-9H,3-5,10-13H2,1-2H3,(H2,18,19,20). The number of nitrogens with zero attached hydrogens (tertiary/aromatic N) is 1. The summed E-state index contributed by atoms with van der Waals surface area (Å²) < 4.78 is 35.0. The van der Waals surface area contributed by atoms with Crippen molar-refractivity contribution < 1.29 is 12.8 Å². The molecule has 0 unspecified atom stereocenters. The maximum Gasteiger partial charge on any atom is 0.191 e. The second kappa shape index (κ2) is 11.3. The average molecular weight is 376 g/mol. The van der Waals surface area contributed by atoms with Crippen LogP contribution in [-0.4, -0.2) is 51.8 Å². The molecule has 0 saturated carbocycles. The van der Waals surface area contributed by atoms with Crippen LogP contribution >= 0.6 is 11.8 Å². The van der Waals surface area contributed by atoms with Gasteiger partial charge in [-0.1, -0.05) is 0 Å². The van der Waals surface area contributed by atoms with Crippen molar-refractivity contribution in [1.29, 1.82) is 0 Å². The molecule has 0 radical (unpaired) electrons. The zero-order valence-corrected chi connectivity index (χ0v) is 15.9. The summed E-state index contributed by atoms with van der Waals surface area (Å²) >= 11 is 1.67. The number of sulfone groups is 1. The molecule has 0 amide bonds. The van der Waals surface area contributed by atoms with Crippen LogP contribution in [0.4, 0.5) is 4.39 Å². The molecule has 2 N–H and O–H groups in total. The molecule has 0 fully saturated rings. The van der Waals surface area contributed by atoms with Crippen molar-refractivity contribution in [2.75, 3.05) is 37.4 Å². The van der Waals surface area contributed by atoms with Crippen molar-refractivity contribution in [1.82, 2.24) is 10.6 Å². The molecular formula is C16H26FN3O2S2. The van der Waals surface area contributed by atoms with Crippen molar-refractivity contribution in [3.05, 3.63) is 30.1 Å². The minimum Gasteiger partial charge on any atom is -0.357 e. The molecule has 1 rings (SSSR count). The first kappa shape index (κ1) is 20.8. The van der Waals surface area contributed by atoms with Gasteiger partial charge in [-0.15, -0.1) is 11.8 Å². The van der Waals surface area contributed by atoms with E-state index in [1.807, 2.05) is 6.92 Å². The molecule has 8 heteroatoms. The first-order chi connectivity index (χ1) is 11.4. The summed E-state index contributed by atoms with van der Waals surface area (Å²) in [6.07, 6.45) is 2.71. The Hall–Kier alpha value is -1.28. The van der Waals surface area contributed by atoms with Crippen LogP contribution in [0.1, 0.15) is 19.8 Å². The van der Waals surface area contributed by atoms with E-state index in [2.05, 4.69) is 15.6 Å². The van der Waals surface area contributed by atoms with E-state index in [-0.39, 0.29) is 11.6 Å². The van der Waals surface area contributed by atoms with Gasteiger partial charge in [0.25, 0.3) is 0 Å². The molecule has 0 aliphatic heterocycles. The third-order valence-corrected chi connectivity index (χ3v) is 5.11. The van der Waals surface area contributed by atoms with Crippen molar-refractivity contribution in [2.24, 2.45) is 4.99 Å². The minimum atomic E-state index is -2.91. The fourth-order valence-corrected chi connectivity index (χ4v) is 3.37. The number of guanidine groups is 1. The molecule has 0 heterocycles. The van der Waals surface area contributed by atoms with E-state index in [1.165, 1.54) is 18.4 Å². The topological polar surface area (TPSA) is 70.6 Å². The largest absolute Gasteiger partial charge is 0.357 e. The molecule has 1 aromatic carbocycles. The molecule has 0 atom stereocenters. The summed E-state index contributed by atoms with van der Waals surface area (Å²) in [6, 6.07) is 6.47. The van der Waals surface area contributed by atoms with Gasteiger partial charge in [-0.25, -0.2) is 12.8 Å². The van der Waals surface area contributed by atoms with Gasteiger partial charge in [-0.3, -0.25) is 4.99 Å². The minimum absolute atomic E-state index is 0.174. The molecule has 5 nitrogen and oxygen atoms in total. The highest BCUT2D eigenvalue weighted by Gasteiger charge is 2.02. The van der Waals surface area contributed by atoms with Gasteiger partial charge in [-0.05, 0) is 49.8 Å². The number of thioether (sulfide) groups is 1. The van der Waals surface area contributed by atoms with E-state index in [0.717, 1.165) is 23.6 Å². The van der Waals surface area contributed by atoms with Crippen molar-refractivity contribution >= 4 is 27.6 Å². The van der Waals surface area contributed by atoms with Gasteiger partial charge in [-0.2, -0.15) is 0 Å². The van der Waals surface area contributed by atoms with E-state index in [1.54, 1.807) is 23.9 Å². The first-order valence-electron chi connectivity index (χ1n) is 7.99. The predicted octanol–water partition coefficient (Wildman–Crippen LogP) is 2.30. The summed E-state index contributed by atoms with van der Waals surface area (Å²) in [4.78, 5) is 5.51. The van der Waals surface area contributed by atoms with Gasteiger partial charge >= 0.3 is 0 Å². The van der Waals surface area contributed by atoms with Gasteiger partial charge in [0.2, 0.25) is 0 Å². The van der Waals surface area contributed by atoms with Crippen LogP contribution < -0.4 is 10.6 Å². The van der Waals surface area contributed by atoms with Gasteiger partial charge < -0.3 is 10.6 Å². The molecular weight excluding hydrogens is 349 g/mol. The monoisotopic (exact) mass is 375 g/mol. The first-order valence-corrected chi connectivity index (χ1v) is 11.0. The molecule has 24 heavy (non-hydrogen) atoms. The number of aliphatic imine (C=N–C) groups is 1. The van der Waals surface area contributed by atoms with Gasteiger partial charge in [0.05, 0.1) is 5.75 Å². The predicted molar refractivity (Wildman–Crippen MR) is 100 cm³/mol. The smallest absolute Gasteiger partial charge is 0.191 e. The second-order valence-corrected chi connectivity index (χ2v) is 8.75. The molecule has 0 aliphatic rings. The van der Waals surface area contributed by atoms with Crippen molar-refractivity contribution in [2.45, 2.75) is 24.7 Å². The lowest BCUT2D eigenvalue weighted by molar-refractivity contribution is 0.598. The summed E-state index contributed by atoms with van der Waals surface area (Å²) in [7, 11) is -2.91. The Kier molecular flexibility index (Phi) is 9.78. The van der Waals surface area contributed by atoms with Crippen molar-refractivity contribution in [3.63, 3.8) is 0 Å². The Morgan fingerprint density at radius 1 is 1.21 bits per heavy atom. The quantitative estimate of drug-likeness (QED) is 0.284. The van der Waals surface area contributed by atoms with E-state index >= 15 is 0 Å². The van der Waals surface area contributed by atoms with Crippen LogP contribution in [0.5, 0.6) is 0 Å². The van der Waals surface area contributed by atoms with Crippen molar-refractivity contribution in [3.8, 4) is 0 Å². The van der Waals surface area contributed by atoms with E-state index in [9.17, 15) is 12.8 Å². The summed E-state index contributed by atoms with van der Waals surface area (Å²) in [5.41, 5.74) is 0. The summed E-state index contributed by atoms with van der Waals surface area (Å²) in [5, 5.41) is 6.27. The van der Waals surface area contributed by atoms with Gasteiger partial charge in [0.15, 0.2) is 5.96 Å². The number of nitrogens with one attached hydrogen (secondary N) is 2. The summed E-state index contributed by atoms with van der Waals surface area (Å²) in [5.74, 6) is 1.56. The van der Waals surface area contributed by atoms with Crippen LogP contribution in [0.2, 0.25) is 0 Å². The molecule has 1 aromatic rings. The van der Waals surface area contributed by atoms with Gasteiger partial charge in [0.1, 0.15) is 15.7 Å². The van der Waals surface area contributed by atoms with E-state index in [4.69, 9.17) is 0 Å². The Labute approximate surface area is 148 Å². The lowest BCUT2D eigenvalue weighted by atomic mass is 10.4. The molecule has 136 valence electrons. The highest BCUT2D eigenvalue weighted by atomic mass is 32.2. The molecule has 0 aliphatic carbocycles. The fourth-order valence-electron chi connectivity index (χ4n) is 1.86. The van der Waals surface area contributed by atoms with Crippen LogP contribution in [-0.2, 0) is 9.84 Å². The normalized spacial score (nSPS) is 12.2. The third-order valence-electron chi connectivity index (χ3n) is 2.98. The van der Waals surface area contributed by atoms with Crippen LogP contribution in [0, 0.1) is 5.82 Å². The number of benzene rings is 1. The molecule has 0 bridgehead atoms. The maximum atomic E-state index is 12.8. The van der Waals surface area contributed by atoms with E-state index in [0.29, 0.717) is 25.5 Å². The number of hydrogen-bond acceptors (Lipinski definition) is 4. The third kappa shape index (κ3) is 10.5. The summed E-state index contributed by atoms with van der Waals surface area (Å²) in [6.45, 7) is 3.99. The Morgan fingerprint density at radius 2 is 1.92 bits per heavy atom. The average Bonchev–Trinajstić information content (AvgIpc) is 2.52. The Balaban J connectivity index is 2.25. The lowest BCUT2D eigenvalue weighted by Crippen LogP contribution is -2.38. The molecule has 0 spiro atoms. The zero-order valence-electron chi connectivity index (χ0n) is 14.2. The van der Waals surface area contributed by atoms with E-state index < -0.39 is 9.84 Å². The molecule has 0 saturated heterocycles. The highest BCUT2D eigenvalue weighted by Crippen LogP contribution is 2.18. The maximum absolute atomic E-state index is 12.8. The number of halogens is 1. The second-order valence-electron chi connectivity index (χ2n) is 5.33. The van der Waals surface area contributed by atoms with Crippen LogP contribution in [0.15, 0.2) is 34.2 Å². The zero-order chi connectivity index (χ0) is 17.8. The van der Waals surface area contributed by atoms with Crippen LogP contribution in [0.25, 0.3) is 0 Å². The Bertz CT molecular complexity index is 604. The highest BCUT2D eigenvalue weighted by molar-refractivity contribution is 7.99.